The van der Waals surface area contributed by atoms with E-state index in [9.17, 15) is 13.9 Å². The molecule has 0 radical (unpaired) electrons. The molecule has 5 nitrogen and oxygen atoms in total. The van der Waals surface area contributed by atoms with Crippen LogP contribution in [-0.2, 0) is 9.47 Å². The molecule has 1 rings (SSSR count). The zero-order valence-electron chi connectivity index (χ0n) is 11.2. The molecule has 0 aliphatic carbocycles. The molecule has 0 amide bonds. The smallest absolute Gasteiger partial charge is 0.387 e. The molecule has 7 heteroatoms. The fourth-order valence-corrected chi connectivity index (χ4v) is 1.41. The van der Waals surface area contributed by atoms with E-state index < -0.39 is 12.7 Å². The summed E-state index contributed by atoms with van der Waals surface area (Å²) in [5, 5.41) is 12.6. The second-order valence-corrected chi connectivity index (χ2v) is 4.01. The van der Waals surface area contributed by atoms with Gasteiger partial charge in [-0.2, -0.15) is 8.78 Å². The number of hydrogen-bond acceptors (Lipinski definition) is 5. The van der Waals surface area contributed by atoms with Crippen molar-refractivity contribution in [1.82, 2.24) is 0 Å². The highest BCUT2D eigenvalue weighted by atomic mass is 19.3. The molecule has 1 atom stereocenters. The van der Waals surface area contributed by atoms with Gasteiger partial charge in [0.15, 0.2) is 0 Å². The third-order valence-electron chi connectivity index (χ3n) is 2.36. The van der Waals surface area contributed by atoms with Crippen LogP contribution >= 0.6 is 0 Å². The van der Waals surface area contributed by atoms with E-state index in [0.29, 0.717) is 25.4 Å². The van der Waals surface area contributed by atoms with Gasteiger partial charge in [0.1, 0.15) is 5.75 Å². The van der Waals surface area contributed by atoms with Crippen molar-refractivity contribution >= 4 is 5.69 Å². The fourth-order valence-electron chi connectivity index (χ4n) is 1.41. The Labute approximate surface area is 116 Å². The molecule has 0 aliphatic heterocycles. The van der Waals surface area contributed by atoms with Crippen LogP contribution in [-0.4, -0.2) is 51.3 Å². The first-order valence-electron chi connectivity index (χ1n) is 6.15. The average molecular weight is 291 g/mol. The molecular weight excluding hydrogens is 272 g/mol. The van der Waals surface area contributed by atoms with Crippen molar-refractivity contribution in [2.24, 2.45) is 0 Å². The minimum atomic E-state index is -2.83. The molecule has 2 N–H and O–H groups in total. The van der Waals surface area contributed by atoms with E-state index in [-0.39, 0.29) is 12.4 Å². The number of methoxy groups -OCH3 is 1. The monoisotopic (exact) mass is 291 g/mol. The molecule has 1 aromatic carbocycles. The van der Waals surface area contributed by atoms with Crippen LogP contribution in [0.5, 0.6) is 5.75 Å². The summed E-state index contributed by atoms with van der Waals surface area (Å²) in [5.74, 6) is 0.0917. The Morgan fingerprint density at radius 1 is 1.20 bits per heavy atom. The van der Waals surface area contributed by atoms with Gasteiger partial charge in [0.2, 0.25) is 0 Å². The molecule has 0 saturated heterocycles. The van der Waals surface area contributed by atoms with Crippen molar-refractivity contribution in [3.8, 4) is 5.75 Å². The molecule has 0 aliphatic rings. The SMILES string of the molecule is COCCOCC(O)CNc1ccc(OC(F)F)cc1. The van der Waals surface area contributed by atoms with Crippen molar-refractivity contribution in [2.45, 2.75) is 12.7 Å². The molecule has 0 aromatic heterocycles. The molecule has 0 bridgehead atoms. The van der Waals surface area contributed by atoms with Crippen LogP contribution in [0.2, 0.25) is 0 Å². The minimum absolute atomic E-state index is 0.0917. The average Bonchev–Trinajstić information content (AvgIpc) is 2.42. The van der Waals surface area contributed by atoms with Crippen LogP contribution in [0.1, 0.15) is 0 Å². The zero-order valence-corrected chi connectivity index (χ0v) is 11.2. The highest BCUT2D eigenvalue weighted by molar-refractivity contribution is 5.46. The maximum absolute atomic E-state index is 12.0. The van der Waals surface area contributed by atoms with E-state index in [4.69, 9.17) is 9.47 Å². The molecule has 1 unspecified atom stereocenters. The second kappa shape index (κ2) is 9.46. The summed E-state index contributed by atoms with van der Waals surface area (Å²) < 4.78 is 38.1. The lowest BCUT2D eigenvalue weighted by atomic mass is 10.3. The number of aliphatic hydroxyl groups is 1. The molecule has 114 valence electrons. The van der Waals surface area contributed by atoms with Gasteiger partial charge >= 0.3 is 6.61 Å². The van der Waals surface area contributed by atoms with Crippen LogP contribution in [0.25, 0.3) is 0 Å². The van der Waals surface area contributed by atoms with Crippen molar-refractivity contribution < 1.29 is 28.1 Å². The number of nitrogens with one attached hydrogen (secondary N) is 1. The fraction of sp³-hybridized carbons (Fsp3) is 0.538. The van der Waals surface area contributed by atoms with Gasteiger partial charge in [-0.25, -0.2) is 0 Å². The lowest BCUT2D eigenvalue weighted by molar-refractivity contribution is -0.0498. The third-order valence-corrected chi connectivity index (χ3v) is 2.36. The minimum Gasteiger partial charge on any atom is -0.435 e. The molecule has 20 heavy (non-hydrogen) atoms. The number of anilines is 1. The van der Waals surface area contributed by atoms with Gasteiger partial charge < -0.3 is 24.6 Å². The van der Waals surface area contributed by atoms with Crippen molar-refractivity contribution in [3.63, 3.8) is 0 Å². The number of halogens is 2. The van der Waals surface area contributed by atoms with E-state index >= 15 is 0 Å². The highest BCUT2D eigenvalue weighted by Crippen LogP contribution is 2.17. The molecule has 1 aromatic rings. The molecular formula is C13H19F2NO4. The maximum Gasteiger partial charge on any atom is 0.387 e. The van der Waals surface area contributed by atoms with E-state index in [1.165, 1.54) is 12.1 Å². The number of ether oxygens (including phenoxy) is 3. The quantitative estimate of drug-likeness (QED) is 0.643. The Hall–Kier alpha value is -1.44. The Kier molecular flexibility index (Phi) is 7.86. The third kappa shape index (κ3) is 7.22. The summed E-state index contributed by atoms with van der Waals surface area (Å²) in [6.45, 7) is -1.44. The summed E-state index contributed by atoms with van der Waals surface area (Å²) in [6.07, 6.45) is -0.663. The van der Waals surface area contributed by atoms with Crippen LogP contribution in [0.15, 0.2) is 24.3 Å². The second-order valence-electron chi connectivity index (χ2n) is 4.01. The summed E-state index contributed by atoms with van der Waals surface area (Å²) in [4.78, 5) is 0. The standard InChI is InChI=1S/C13H19F2NO4/c1-18-6-7-19-9-11(17)8-16-10-2-4-12(5-3-10)20-13(14)15/h2-5,11,13,16-17H,6-9H2,1H3. The van der Waals surface area contributed by atoms with E-state index in [1.807, 2.05) is 0 Å². The van der Waals surface area contributed by atoms with Gasteiger partial charge in [0.25, 0.3) is 0 Å². The Morgan fingerprint density at radius 3 is 2.50 bits per heavy atom. The number of rotatable bonds is 10. The van der Waals surface area contributed by atoms with Crippen LogP contribution in [0.4, 0.5) is 14.5 Å². The molecule has 0 fully saturated rings. The topological polar surface area (TPSA) is 60.0 Å². The van der Waals surface area contributed by atoms with Crippen molar-refractivity contribution in [3.05, 3.63) is 24.3 Å². The number of alkyl halides is 2. The Balaban J connectivity index is 2.23. The lowest BCUT2D eigenvalue weighted by Crippen LogP contribution is -2.25. The first kappa shape index (κ1) is 16.6. The summed E-state index contributed by atoms with van der Waals surface area (Å²) in [6, 6.07) is 6.04. The Bertz CT molecular complexity index is 362. The predicted octanol–water partition coefficient (Wildman–Crippen LogP) is 1.72. The van der Waals surface area contributed by atoms with Gasteiger partial charge in [-0.05, 0) is 24.3 Å². The summed E-state index contributed by atoms with van der Waals surface area (Å²) >= 11 is 0. The molecule has 0 saturated carbocycles. The zero-order chi connectivity index (χ0) is 14.8. The van der Waals surface area contributed by atoms with Crippen molar-refractivity contribution in [1.29, 1.82) is 0 Å². The van der Waals surface area contributed by atoms with E-state index in [2.05, 4.69) is 10.1 Å². The summed E-state index contributed by atoms with van der Waals surface area (Å²) in [5.41, 5.74) is 0.697. The van der Waals surface area contributed by atoms with Gasteiger partial charge in [-0.3, -0.25) is 0 Å². The Morgan fingerprint density at radius 2 is 1.90 bits per heavy atom. The van der Waals surface area contributed by atoms with Crippen LogP contribution < -0.4 is 10.1 Å². The van der Waals surface area contributed by atoms with Crippen LogP contribution in [0.3, 0.4) is 0 Å². The first-order valence-corrected chi connectivity index (χ1v) is 6.15. The maximum atomic E-state index is 12.0. The lowest BCUT2D eigenvalue weighted by Gasteiger charge is -2.13. The van der Waals surface area contributed by atoms with E-state index in [1.54, 1.807) is 19.2 Å². The predicted molar refractivity (Wildman–Crippen MR) is 70.3 cm³/mol. The van der Waals surface area contributed by atoms with Gasteiger partial charge in [0, 0.05) is 19.3 Å². The number of benzene rings is 1. The van der Waals surface area contributed by atoms with Gasteiger partial charge in [-0.1, -0.05) is 0 Å². The van der Waals surface area contributed by atoms with Gasteiger partial charge in [-0.15, -0.1) is 0 Å². The summed E-state index contributed by atoms with van der Waals surface area (Å²) in [7, 11) is 1.57. The first-order chi connectivity index (χ1) is 9.61. The largest absolute Gasteiger partial charge is 0.435 e. The number of aliphatic hydroxyl groups excluding tert-OH is 1. The van der Waals surface area contributed by atoms with Crippen molar-refractivity contribution in [2.75, 3.05) is 38.8 Å². The normalized spacial score (nSPS) is 12.4. The molecule has 0 heterocycles. The molecule has 0 spiro atoms. The number of hydrogen-bond donors (Lipinski definition) is 2. The van der Waals surface area contributed by atoms with Gasteiger partial charge in [0.05, 0.1) is 25.9 Å². The van der Waals surface area contributed by atoms with Crippen LogP contribution in [0, 0.1) is 0 Å². The highest BCUT2D eigenvalue weighted by Gasteiger charge is 2.06. The van der Waals surface area contributed by atoms with E-state index in [0.717, 1.165) is 0 Å².